The van der Waals surface area contributed by atoms with E-state index < -0.39 is 42.1 Å². The van der Waals surface area contributed by atoms with Crippen LogP contribution in [-0.2, 0) is 22.6 Å². The van der Waals surface area contributed by atoms with Crippen LogP contribution in [0.4, 0.5) is 33.0 Å². The third kappa shape index (κ3) is 9.25. The van der Waals surface area contributed by atoms with Crippen molar-refractivity contribution in [3.63, 3.8) is 0 Å². The molecule has 1 aliphatic rings. The van der Waals surface area contributed by atoms with Gasteiger partial charge in [-0.15, -0.1) is 18.3 Å². The summed E-state index contributed by atoms with van der Waals surface area (Å²) < 4.78 is 76.2. The normalized spacial score (nSPS) is 16.9. The molecule has 0 unspecified atom stereocenters. The summed E-state index contributed by atoms with van der Waals surface area (Å²) in [6.07, 6.45) is -7.83. The maximum atomic E-state index is 15.2. The second-order valence-corrected chi connectivity index (χ2v) is 11.6. The molecular formula is C31H37F4N5O6. The highest BCUT2D eigenvalue weighted by molar-refractivity contribution is 5.89. The predicted octanol–water partition coefficient (Wildman–Crippen LogP) is 6.27. The van der Waals surface area contributed by atoms with Crippen LogP contribution in [0, 0.1) is 6.92 Å². The minimum atomic E-state index is -4.93. The first-order valence-corrected chi connectivity index (χ1v) is 14.5. The number of halogens is 4. The fourth-order valence-electron chi connectivity index (χ4n) is 4.72. The van der Waals surface area contributed by atoms with Crippen LogP contribution in [0.3, 0.4) is 0 Å². The van der Waals surface area contributed by atoms with Crippen LogP contribution >= 0.6 is 0 Å². The molecule has 3 amide bonds. The zero-order chi connectivity index (χ0) is 33.6. The number of hydrogen-bond acceptors (Lipinski definition) is 7. The Morgan fingerprint density at radius 2 is 1.80 bits per heavy atom. The Morgan fingerprint density at radius 3 is 2.43 bits per heavy atom. The molecule has 2 heterocycles. The van der Waals surface area contributed by atoms with Crippen molar-refractivity contribution in [1.29, 1.82) is 0 Å². The molecule has 15 heteroatoms. The second kappa shape index (κ2) is 14.3. The second-order valence-electron chi connectivity index (χ2n) is 11.6. The van der Waals surface area contributed by atoms with Gasteiger partial charge in [-0.05, 0) is 57.5 Å². The largest absolute Gasteiger partial charge is 0.573 e. The number of urea groups is 1. The molecule has 3 aromatic rings. The Labute approximate surface area is 263 Å². The number of amides is 3. The molecule has 250 valence electrons. The lowest BCUT2D eigenvalue weighted by Crippen LogP contribution is -2.50. The number of aromatic nitrogens is 2. The van der Waals surface area contributed by atoms with Crippen molar-refractivity contribution in [1.82, 2.24) is 20.0 Å². The molecule has 0 saturated carbocycles. The lowest BCUT2D eigenvalue weighted by atomic mass is 10.1. The maximum Gasteiger partial charge on any atom is 0.573 e. The monoisotopic (exact) mass is 651 g/mol. The van der Waals surface area contributed by atoms with Crippen molar-refractivity contribution in [3.05, 3.63) is 65.2 Å². The number of benzene rings is 2. The molecule has 4 rings (SSSR count). The maximum absolute atomic E-state index is 15.2. The number of nitrogens with one attached hydrogen (secondary N) is 2. The third-order valence-corrected chi connectivity index (χ3v) is 6.81. The highest BCUT2D eigenvalue weighted by Gasteiger charge is 2.36. The number of nitrogens with zero attached hydrogens (tertiary/aromatic N) is 3. The van der Waals surface area contributed by atoms with Gasteiger partial charge < -0.3 is 29.2 Å². The lowest BCUT2D eigenvalue weighted by Gasteiger charge is -2.35. The number of hydrogen-bond donors (Lipinski definition) is 2. The molecule has 0 spiro atoms. The van der Waals surface area contributed by atoms with Crippen molar-refractivity contribution in [2.75, 3.05) is 25.5 Å². The Balaban J connectivity index is 1.51. The summed E-state index contributed by atoms with van der Waals surface area (Å²) in [7, 11) is 1.45. The van der Waals surface area contributed by atoms with E-state index in [9.17, 15) is 22.8 Å². The van der Waals surface area contributed by atoms with Crippen molar-refractivity contribution in [2.24, 2.45) is 0 Å². The molecular weight excluding hydrogens is 614 g/mol. The number of carbonyl (C=O) groups is 2. The fraction of sp³-hybridized carbons (Fsp3) is 0.452. The first-order valence-electron chi connectivity index (χ1n) is 14.5. The molecule has 0 aliphatic carbocycles. The van der Waals surface area contributed by atoms with E-state index in [4.69, 9.17) is 14.2 Å². The molecule has 2 aromatic carbocycles. The molecule has 1 saturated heterocycles. The minimum Gasteiger partial charge on any atom is -0.470 e. The van der Waals surface area contributed by atoms with E-state index in [1.165, 1.54) is 28.8 Å². The van der Waals surface area contributed by atoms with Crippen LogP contribution in [0.1, 0.15) is 43.9 Å². The quantitative estimate of drug-likeness (QED) is 0.262. The van der Waals surface area contributed by atoms with Crippen molar-refractivity contribution >= 4 is 17.9 Å². The summed E-state index contributed by atoms with van der Waals surface area (Å²) in [5.41, 5.74) is 0.869. The topological polar surface area (TPSA) is 116 Å². The SMILES string of the molecule is COCc1ccc(OC(F)(F)F)c(CNC(=O)Nc2c(C)c(O[C@H]3CCN(C(=O)OC(C)(C)C)C[C@@H]3F)nn2-c2ccccc2)c1. The van der Waals surface area contributed by atoms with Crippen LogP contribution in [0.2, 0.25) is 0 Å². The number of alkyl halides is 4. The number of rotatable bonds is 9. The number of carbonyl (C=O) groups excluding carboxylic acids is 2. The van der Waals surface area contributed by atoms with E-state index in [0.29, 0.717) is 16.8 Å². The van der Waals surface area contributed by atoms with Gasteiger partial charge in [0.2, 0.25) is 5.88 Å². The summed E-state index contributed by atoms with van der Waals surface area (Å²) in [5.74, 6) is -0.210. The van der Waals surface area contributed by atoms with E-state index in [1.54, 1.807) is 58.0 Å². The van der Waals surface area contributed by atoms with E-state index in [-0.39, 0.29) is 49.9 Å². The third-order valence-electron chi connectivity index (χ3n) is 6.81. The van der Waals surface area contributed by atoms with Gasteiger partial charge in [-0.2, -0.15) is 0 Å². The van der Waals surface area contributed by atoms with Crippen LogP contribution in [0.15, 0.2) is 48.5 Å². The summed E-state index contributed by atoms with van der Waals surface area (Å²) in [4.78, 5) is 26.8. The average Bonchev–Trinajstić information content (AvgIpc) is 3.27. The van der Waals surface area contributed by atoms with Gasteiger partial charge in [0.05, 0.1) is 24.4 Å². The average molecular weight is 652 g/mol. The smallest absolute Gasteiger partial charge is 0.470 e. The van der Waals surface area contributed by atoms with Gasteiger partial charge in [0.25, 0.3) is 0 Å². The van der Waals surface area contributed by atoms with Gasteiger partial charge in [0, 0.05) is 32.2 Å². The summed E-state index contributed by atoms with van der Waals surface area (Å²) in [5, 5.41) is 9.73. The molecule has 0 radical (unpaired) electrons. The zero-order valence-electron chi connectivity index (χ0n) is 26.1. The van der Waals surface area contributed by atoms with Gasteiger partial charge in [0.15, 0.2) is 6.17 Å². The molecule has 11 nitrogen and oxygen atoms in total. The number of methoxy groups -OCH3 is 1. The van der Waals surface area contributed by atoms with Gasteiger partial charge >= 0.3 is 18.5 Å². The number of para-hydroxylation sites is 1. The number of ether oxygens (including phenoxy) is 4. The van der Waals surface area contributed by atoms with Crippen LogP contribution in [0.5, 0.6) is 11.6 Å². The molecule has 1 fully saturated rings. The zero-order valence-corrected chi connectivity index (χ0v) is 26.1. The summed E-state index contributed by atoms with van der Waals surface area (Å²) in [6, 6.07) is 12.1. The molecule has 0 bridgehead atoms. The molecule has 2 N–H and O–H groups in total. The Kier molecular flexibility index (Phi) is 10.7. The van der Waals surface area contributed by atoms with Crippen LogP contribution in [0.25, 0.3) is 5.69 Å². The Hall–Kier alpha value is -4.53. The van der Waals surface area contributed by atoms with Crippen molar-refractivity contribution in [3.8, 4) is 17.3 Å². The van der Waals surface area contributed by atoms with Crippen molar-refractivity contribution < 1.29 is 46.1 Å². The highest BCUT2D eigenvalue weighted by Crippen LogP contribution is 2.32. The van der Waals surface area contributed by atoms with Gasteiger partial charge in [-0.3, -0.25) is 5.32 Å². The summed E-state index contributed by atoms with van der Waals surface area (Å²) >= 11 is 0. The molecule has 1 aliphatic heterocycles. The number of likely N-dealkylation sites (tertiary alicyclic amines) is 1. The minimum absolute atomic E-state index is 0.0608. The molecule has 46 heavy (non-hydrogen) atoms. The van der Waals surface area contributed by atoms with E-state index in [2.05, 4.69) is 20.5 Å². The number of anilines is 1. The molecule has 1 aromatic heterocycles. The standard InChI is InChI=1S/C31H37F4N5O6/c1-19-26(37-28(41)36-16-21-15-20(18-43-5)11-12-24(21)45-31(33,34)35)40(22-9-7-6-8-10-22)38-27(19)44-25-13-14-39(17-23(25)32)29(42)46-30(2,3)4/h6-12,15,23,25H,13-14,16-18H2,1-5H3,(H2,36,37,41)/t23-,25-/m0/s1. The highest BCUT2D eigenvalue weighted by atomic mass is 19.4. The first kappa shape index (κ1) is 34.3. The van der Waals surface area contributed by atoms with Gasteiger partial charge in [-0.25, -0.2) is 18.7 Å². The van der Waals surface area contributed by atoms with Crippen LogP contribution in [-0.4, -0.2) is 71.2 Å². The van der Waals surface area contributed by atoms with E-state index in [0.717, 1.165) is 6.07 Å². The Bertz CT molecular complexity index is 1510. The Morgan fingerprint density at radius 1 is 1.09 bits per heavy atom. The lowest BCUT2D eigenvalue weighted by molar-refractivity contribution is -0.274. The van der Waals surface area contributed by atoms with Gasteiger partial charge in [-0.1, -0.05) is 24.3 Å². The molecule has 2 atom stereocenters. The predicted molar refractivity (Wildman–Crippen MR) is 160 cm³/mol. The fourth-order valence-corrected chi connectivity index (χ4v) is 4.72. The van der Waals surface area contributed by atoms with Crippen molar-refractivity contribution in [2.45, 2.75) is 71.5 Å². The van der Waals surface area contributed by atoms with Crippen LogP contribution < -0.4 is 20.1 Å². The van der Waals surface area contributed by atoms with Gasteiger partial charge in [0.1, 0.15) is 23.3 Å². The number of piperidine rings is 1. The summed E-state index contributed by atoms with van der Waals surface area (Å²) in [6.45, 7) is 6.63. The first-order chi connectivity index (χ1) is 21.6. The van der Waals surface area contributed by atoms with E-state index >= 15 is 4.39 Å². The van der Waals surface area contributed by atoms with E-state index in [1.807, 2.05) is 0 Å².